The summed E-state index contributed by atoms with van der Waals surface area (Å²) in [6, 6.07) is 15.4. The highest BCUT2D eigenvalue weighted by Crippen LogP contribution is 2.08. The molecule has 0 aromatic heterocycles. The zero-order valence-electron chi connectivity index (χ0n) is 22.3. The number of rotatable bonds is 10. The summed E-state index contributed by atoms with van der Waals surface area (Å²) in [7, 11) is 0. The summed E-state index contributed by atoms with van der Waals surface area (Å²) in [5.41, 5.74) is 22.5. The Hall–Kier alpha value is -3.88. The largest absolute Gasteiger partial charge is 0.480 e. The first-order valence-electron chi connectivity index (χ1n) is 12.6. The summed E-state index contributed by atoms with van der Waals surface area (Å²) in [5.74, 6) is -3.64. The lowest BCUT2D eigenvalue weighted by Crippen LogP contribution is -2.32. The number of carbonyl (C=O) groups is 4. The van der Waals surface area contributed by atoms with Crippen molar-refractivity contribution in [3.05, 3.63) is 71.8 Å². The molecule has 4 atom stereocenters. The molecule has 1 fully saturated rings. The lowest BCUT2D eigenvalue weighted by Gasteiger charge is -2.04. The fourth-order valence-electron chi connectivity index (χ4n) is 3.11. The van der Waals surface area contributed by atoms with Crippen LogP contribution in [0.5, 0.6) is 0 Å². The molecule has 1 aliphatic heterocycles. The van der Waals surface area contributed by atoms with Gasteiger partial charge in [-0.1, -0.05) is 60.7 Å². The van der Waals surface area contributed by atoms with Crippen molar-refractivity contribution in [3.8, 4) is 0 Å². The summed E-state index contributed by atoms with van der Waals surface area (Å²) in [6.45, 7) is 1.36. The third kappa shape index (κ3) is 16.9. The van der Waals surface area contributed by atoms with Gasteiger partial charge in [0.15, 0.2) is 0 Å². The van der Waals surface area contributed by atoms with Crippen LogP contribution in [-0.4, -0.2) is 75.5 Å². The van der Waals surface area contributed by atoms with E-state index in [1.165, 1.54) is 0 Å². The first-order valence-corrected chi connectivity index (χ1v) is 12.6. The number of nitrogens with two attached hydrogens (primary N) is 4. The molecule has 1 heterocycles. The summed E-state index contributed by atoms with van der Waals surface area (Å²) >= 11 is 0. The van der Waals surface area contributed by atoms with Gasteiger partial charge in [-0.05, 0) is 56.3 Å². The molecule has 222 valence electrons. The van der Waals surface area contributed by atoms with Crippen molar-refractivity contribution < 1.29 is 39.6 Å². The van der Waals surface area contributed by atoms with Crippen molar-refractivity contribution in [2.24, 2.45) is 22.9 Å². The topological polar surface area (TPSA) is 265 Å². The molecule has 13 N–H and O–H groups in total. The zero-order chi connectivity index (χ0) is 30.5. The minimum absolute atomic E-state index is 0.269. The Bertz CT molecular complexity index is 1000. The molecule has 2 aromatic rings. The van der Waals surface area contributed by atoms with Crippen molar-refractivity contribution in [2.45, 2.75) is 56.3 Å². The van der Waals surface area contributed by atoms with Crippen molar-refractivity contribution in [1.29, 1.82) is 0 Å². The SMILES string of the molecule is NC(C(=O)O)c1ccccc1.NCCC[C@H](N)C(=O)O.N[C@@H](Cc1ccccc1)C(=O)O.O=C(O)[C@@H]1CCCN1. The molecule has 0 radical (unpaired) electrons. The third-order valence-corrected chi connectivity index (χ3v) is 5.44. The molecule has 0 saturated carbocycles. The van der Waals surface area contributed by atoms with Crippen LogP contribution < -0.4 is 28.3 Å². The Labute approximate surface area is 233 Å². The van der Waals surface area contributed by atoms with E-state index in [0.717, 1.165) is 24.9 Å². The number of carboxylic acids is 4. The smallest absolute Gasteiger partial charge is 0.325 e. The minimum atomic E-state index is -1.00. The predicted molar refractivity (Wildman–Crippen MR) is 149 cm³/mol. The summed E-state index contributed by atoms with van der Waals surface area (Å²) in [5, 5.41) is 36.5. The highest BCUT2D eigenvalue weighted by atomic mass is 16.4. The van der Waals surface area contributed by atoms with Gasteiger partial charge in [-0.15, -0.1) is 0 Å². The molecule has 40 heavy (non-hydrogen) atoms. The molecule has 2 aromatic carbocycles. The number of benzene rings is 2. The van der Waals surface area contributed by atoms with Crippen LogP contribution in [-0.2, 0) is 25.6 Å². The lowest BCUT2D eigenvalue weighted by molar-refractivity contribution is -0.139. The van der Waals surface area contributed by atoms with Crippen LogP contribution in [0.4, 0.5) is 0 Å². The van der Waals surface area contributed by atoms with Gasteiger partial charge in [-0.25, -0.2) is 0 Å². The van der Waals surface area contributed by atoms with Crippen LogP contribution in [0.2, 0.25) is 0 Å². The number of carboxylic acid groups (broad SMARTS) is 4. The van der Waals surface area contributed by atoms with E-state index in [4.69, 9.17) is 43.4 Å². The van der Waals surface area contributed by atoms with Gasteiger partial charge in [0.05, 0.1) is 0 Å². The summed E-state index contributed by atoms with van der Waals surface area (Å²) < 4.78 is 0. The van der Waals surface area contributed by atoms with E-state index >= 15 is 0 Å². The monoisotopic (exact) mass is 563 g/mol. The van der Waals surface area contributed by atoms with Crippen molar-refractivity contribution in [2.75, 3.05) is 13.1 Å². The molecule has 1 saturated heterocycles. The fraction of sp³-hybridized carbons (Fsp3) is 0.407. The van der Waals surface area contributed by atoms with Crippen molar-refractivity contribution in [1.82, 2.24) is 5.32 Å². The highest BCUT2D eigenvalue weighted by molar-refractivity contribution is 5.75. The van der Waals surface area contributed by atoms with E-state index in [2.05, 4.69) is 5.32 Å². The molecular formula is C27H41N5O8. The van der Waals surface area contributed by atoms with Gasteiger partial charge < -0.3 is 48.7 Å². The van der Waals surface area contributed by atoms with Crippen LogP contribution in [0.15, 0.2) is 60.7 Å². The average Bonchev–Trinajstić information content (AvgIpc) is 3.49. The standard InChI is InChI=1S/C9H11NO2.C8H9NO2.C5H12N2O2.C5H9NO2/c10-8(9(11)12)6-7-4-2-1-3-5-7;9-7(8(10)11)6-4-2-1-3-5-6;6-3-1-2-4(7)5(8)9;7-5(8)4-2-1-3-6-4/h1-5,8H,6,10H2,(H,11,12);1-5,7H,9H2,(H,10,11);4H,1-3,6-7H2,(H,8,9);4,6H,1-3H2,(H,7,8)/t8-;;2*4-/m0.00/s1. The maximum absolute atomic E-state index is 10.4. The van der Waals surface area contributed by atoms with E-state index in [1.54, 1.807) is 24.3 Å². The normalized spacial score (nSPS) is 15.8. The molecule has 13 heteroatoms. The Kier molecular flexibility index (Phi) is 19.0. The van der Waals surface area contributed by atoms with Crippen LogP contribution in [0.25, 0.3) is 0 Å². The van der Waals surface area contributed by atoms with Crippen LogP contribution >= 0.6 is 0 Å². The molecule has 1 unspecified atom stereocenters. The molecule has 0 spiro atoms. The maximum Gasteiger partial charge on any atom is 0.325 e. The van der Waals surface area contributed by atoms with Gasteiger partial charge in [0, 0.05) is 0 Å². The average molecular weight is 564 g/mol. The summed E-state index contributed by atoms with van der Waals surface area (Å²) in [6.07, 6.45) is 3.31. The van der Waals surface area contributed by atoms with Gasteiger partial charge >= 0.3 is 23.9 Å². The van der Waals surface area contributed by atoms with E-state index in [9.17, 15) is 19.2 Å². The van der Waals surface area contributed by atoms with E-state index in [-0.39, 0.29) is 6.04 Å². The Morgan fingerprint density at radius 1 is 0.800 bits per heavy atom. The molecule has 3 rings (SSSR count). The maximum atomic E-state index is 10.4. The second-order valence-corrected chi connectivity index (χ2v) is 8.72. The Morgan fingerprint density at radius 3 is 1.70 bits per heavy atom. The molecular weight excluding hydrogens is 522 g/mol. The van der Waals surface area contributed by atoms with E-state index < -0.39 is 42.0 Å². The van der Waals surface area contributed by atoms with Gasteiger partial charge in [-0.3, -0.25) is 19.2 Å². The highest BCUT2D eigenvalue weighted by Gasteiger charge is 2.20. The van der Waals surface area contributed by atoms with Crippen LogP contribution in [0.3, 0.4) is 0 Å². The van der Waals surface area contributed by atoms with Gasteiger partial charge in [0.1, 0.15) is 24.2 Å². The number of hydrogen-bond acceptors (Lipinski definition) is 9. The first kappa shape index (κ1) is 36.1. The Morgan fingerprint density at radius 2 is 1.32 bits per heavy atom. The minimum Gasteiger partial charge on any atom is -0.480 e. The van der Waals surface area contributed by atoms with Crippen molar-refractivity contribution >= 4 is 23.9 Å². The third-order valence-electron chi connectivity index (χ3n) is 5.44. The predicted octanol–water partition coefficient (Wildman–Crippen LogP) is 0.372. The number of aliphatic carboxylic acids is 4. The quantitative estimate of drug-likeness (QED) is 0.189. The van der Waals surface area contributed by atoms with Crippen LogP contribution in [0.1, 0.15) is 42.9 Å². The Balaban J connectivity index is 0.000000513. The molecule has 13 nitrogen and oxygen atoms in total. The van der Waals surface area contributed by atoms with Crippen LogP contribution in [0, 0.1) is 0 Å². The number of hydrogen-bond donors (Lipinski definition) is 9. The fourth-order valence-corrected chi connectivity index (χ4v) is 3.11. The van der Waals surface area contributed by atoms with Gasteiger partial charge in [-0.2, -0.15) is 0 Å². The zero-order valence-corrected chi connectivity index (χ0v) is 22.3. The molecule has 0 bridgehead atoms. The van der Waals surface area contributed by atoms with Gasteiger partial charge in [0.25, 0.3) is 0 Å². The second kappa shape index (κ2) is 21.0. The lowest BCUT2D eigenvalue weighted by atomic mass is 10.1. The number of nitrogens with one attached hydrogen (secondary N) is 1. The van der Waals surface area contributed by atoms with Crippen molar-refractivity contribution in [3.63, 3.8) is 0 Å². The second-order valence-electron chi connectivity index (χ2n) is 8.72. The van der Waals surface area contributed by atoms with E-state index in [0.29, 0.717) is 31.4 Å². The molecule has 1 aliphatic rings. The molecule has 0 aliphatic carbocycles. The van der Waals surface area contributed by atoms with Gasteiger partial charge in [0.2, 0.25) is 0 Å². The summed E-state index contributed by atoms with van der Waals surface area (Å²) in [4.78, 5) is 40.9. The molecule has 0 amide bonds. The first-order chi connectivity index (χ1) is 18.9. The van der Waals surface area contributed by atoms with E-state index in [1.807, 2.05) is 36.4 Å².